The molecule has 8 atom stereocenters. The van der Waals surface area contributed by atoms with Crippen molar-refractivity contribution in [2.24, 2.45) is 40.4 Å². The average molecular weight is 403 g/mol. The number of hydrogen-bond donors (Lipinski definition) is 1. The summed E-state index contributed by atoms with van der Waals surface area (Å²) in [6.07, 6.45) is 12.0. The molecule has 4 aliphatic carbocycles. The van der Waals surface area contributed by atoms with E-state index in [4.69, 9.17) is 4.74 Å². The van der Waals surface area contributed by atoms with Gasteiger partial charge in [0.1, 0.15) is 6.10 Å². The molecule has 0 aromatic heterocycles. The first kappa shape index (κ1) is 20.9. The number of fused-ring (bicyclic) bond motifs is 5. The molecule has 0 saturated heterocycles. The van der Waals surface area contributed by atoms with Crippen molar-refractivity contribution in [3.63, 3.8) is 0 Å². The Morgan fingerprint density at radius 1 is 1.17 bits per heavy atom. The van der Waals surface area contributed by atoms with Gasteiger partial charge in [0.2, 0.25) is 0 Å². The van der Waals surface area contributed by atoms with Crippen LogP contribution in [0.5, 0.6) is 0 Å². The fraction of sp³-hybridized carbons (Fsp3) is 0.840. The molecule has 0 radical (unpaired) electrons. The number of aliphatic carboxylic acids is 1. The van der Waals surface area contributed by atoms with Gasteiger partial charge < -0.3 is 9.84 Å². The van der Waals surface area contributed by atoms with Gasteiger partial charge in [-0.1, -0.05) is 32.4 Å². The first-order valence-corrected chi connectivity index (χ1v) is 11.7. The van der Waals surface area contributed by atoms with Crippen LogP contribution in [0.2, 0.25) is 0 Å². The molecule has 0 spiro atoms. The SMILES string of the molecule is CC(=O)O[C@H]1CCC2(C)C(=CCC3C2CC[C@@]2(C)C3CC[C@@H]2[C@H](C)CC(=O)O)C1. The normalized spacial score (nSPS) is 44.7. The van der Waals surface area contributed by atoms with E-state index in [1.165, 1.54) is 38.2 Å². The number of carbonyl (C=O) groups is 2. The molecular formula is C25H38O4. The van der Waals surface area contributed by atoms with Gasteiger partial charge in [0.15, 0.2) is 0 Å². The first-order chi connectivity index (χ1) is 13.6. The molecule has 4 heteroatoms. The predicted octanol–water partition coefficient (Wildman–Crippen LogP) is 5.61. The molecule has 0 bridgehead atoms. The van der Waals surface area contributed by atoms with E-state index in [0.29, 0.717) is 17.8 Å². The number of carbonyl (C=O) groups excluding carboxylic acids is 1. The smallest absolute Gasteiger partial charge is 0.303 e. The van der Waals surface area contributed by atoms with E-state index in [2.05, 4.69) is 26.8 Å². The maximum Gasteiger partial charge on any atom is 0.303 e. The molecule has 0 aliphatic heterocycles. The van der Waals surface area contributed by atoms with E-state index >= 15 is 0 Å². The number of allylic oxidation sites excluding steroid dienone is 1. The predicted molar refractivity (Wildman–Crippen MR) is 112 cm³/mol. The summed E-state index contributed by atoms with van der Waals surface area (Å²) >= 11 is 0. The highest BCUT2D eigenvalue weighted by atomic mass is 16.5. The minimum absolute atomic E-state index is 0.0601. The molecule has 3 fully saturated rings. The van der Waals surface area contributed by atoms with Crippen LogP contribution in [0, 0.1) is 40.4 Å². The van der Waals surface area contributed by atoms with Crippen molar-refractivity contribution in [1.29, 1.82) is 0 Å². The highest BCUT2D eigenvalue weighted by Crippen LogP contribution is 2.67. The maximum atomic E-state index is 11.4. The van der Waals surface area contributed by atoms with Crippen LogP contribution in [-0.2, 0) is 14.3 Å². The third-order valence-corrected chi connectivity index (χ3v) is 9.65. The average Bonchev–Trinajstić information content (AvgIpc) is 2.98. The van der Waals surface area contributed by atoms with E-state index in [-0.39, 0.29) is 23.4 Å². The molecule has 1 N–H and O–H groups in total. The minimum atomic E-state index is -0.652. The van der Waals surface area contributed by atoms with Crippen LogP contribution in [-0.4, -0.2) is 23.1 Å². The molecule has 4 unspecified atom stereocenters. The largest absolute Gasteiger partial charge is 0.481 e. The van der Waals surface area contributed by atoms with Crippen molar-refractivity contribution in [3.8, 4) is 0 Å². The number of rotatable bonds is 4. The van der Waals surface area contributed by atoms with Crippen molar-refractivity contribution in [3.05, 3.63) is 11.6 Å². The van der Waals surface area contributed by atoms with Crippen LogP contribution in [0.1, 0.15) is 85.5 Å². The Kier molecular flexibility index (Phi) is 5.36. The second kappa shape index (κ2) is 7.42. The molecule has 3 saturated carbocycles. The summed E-state index contributed by atoms with van der Waals surface area (Å²) in [6, 6.07) is 0. The summed E-state index contributed by atoms with van der Waals surface area (Å²) in [5.74, 6) is 2.19. The van der Waals surface area contributed by atoms with Gasteiger partial charge in [-0.25, -0.2) is 0 Å². The summed E-state index contributed by atoms with van der Waals surface area (Å²) in [6.45, 7) is 8.63. The first-order valence-electron chi connectivity index (χ1n) is 11.7. The topological polar surface area (TPSA) is 63.6 Å². The van der Waals surface area contributed by atoms with E-state index < -0.39 is 5.97 Å². The Balaban J connectivity index is 1.54. The van der Waals surface area contributed by atoms with E-state index in [9.17, 15) is 14.7 Å². The summed E-state index contributed by atoms with van der Waals surface area (Å²) in [7, 11) is 0. The maximum absolute atomic E-state index is 11.4. The van der Waals surface area contributed by atoms with E-state index in [0.717, 1.165) is 43.4 Å². The second-order valence-corrected chi connectivity index (χ2v) is 11.0. The van der Waals surface area contributed by atoms with Gasteiger partial charge >= 0.3 is 11.9 Å². The highest BCUT2D eigenvalue weighted by molar-refractivity contribution is 5.67. The van der Waals surface area contributed by atoms with Crippen molar-refractivity contribution >= 4 is 11.9 Å². The van der Waals surface area contributed by atoms with Crippen molar-refractivity contribution in [2.75, 3.05) is 0 Å². The third-order valence-electron chi connectivity index (χ3n) is 9.65. The Labute approximate surface area is 175 Å². The lowest BCUT2D eigenvalue weighted by molar-refractivity contribution is -0.149. The molecule has 0 aromatic carbocycles. The number of ether oxygens (including phenoxy) is 1. The molecule has 162 valence electrons. The Hall–Kier alpha value is -1.32. The van der Waals surface area contributed by atoms with Crippen LogP contribution in [0.15, 0.2) is 11.6 Å². The van der Waals surface area contributed by atoms with E-state index in [1.807, 2.05) is 0 Å². The number of esters is 1. The fourth-order valence-corrected chi connectivity index (χ4v) is 8.36. The van der Waals surface area contributed by atoms with E-state index in [1.54, 1.807) is 0 Å². The zero-order chi connectivity index (χ0) is 21.0. The lowest BCUT2D eigenvalue weighted by Crippen LogP contribution is -2.51. The van der Waals surface area contributed by atoms with Crippen LogP contribution in [0.3, 0.4) is 0 Å². The fourth-order valence-electron chi connectivity index (χ4n) is 8.36. The Morgan fingerprint density at radius 2 is 1.93 bits per heavy atom. The van der Waals surface area contributed by atoms with Crippen LogP contribution < -0.4 is 0 Å². The van der Waals surface area contributed by atoms with Crippen LogP contribution >= 0.6 is 0 Å². The van der Waals surface area contributed by atoms with Crippen molar-refractivity contribution < 1.29 is 19.4 Å². The van der Waals surface area contributed by atoms with Gasteiger partial charge in [0.05, 0.1) is 0 Å². The number of carboxylic acid groups (broad SMARTS) is 1. The quantitative estimate of drug-likeness (QED) is 0.490. The summed E-state index contributed by atoms with van der Waals surface area (Å²) in [5, 5.41) is 9.31. The van der Waals surface area contributed by atoms with Gasteiger partial charge in [-0.3, -0.25) is 9.59 Å². The van der Waals surface area contributed by atoms with Crippen LogP contribution in [0.4, 0.5) is 0 Å². The highest BCUT2D eigenvalue weighted by Gasteiger charge is 2.59. The molecule has 0 amide bonds. The van der Waals surface area contributed by atoms with Gasteiger partial charge in [0.25, 0.3) is 0 Å². The summed E-state index contributed by atoms with van der Waals surface area (Å²) in [4.78, 5) is 22.7. The lowest BCUT2D eigenvalue weighted by Gasteiger charge is -2.58. The summed E-state index contributed by atoms with van der Waals surface area (Å²) < 4.78 is 5.55. The molecule has 0 heterocycles. The molecular weight excluding hydrogens is 364 g/mol. The molecule has 0 aromatic rings. The number of hydrogen-bond acceptors (Lipinski definition) is 3. The van der Waals surface area contributed by atoms with Gasteiger partial charge in [0, 0.05) is 19.8 Å². The Bertz CT molecular complexity index is 712. The lowest BCUT2D eigenvalue weighted by atomic mass is 9.47. The number of carboxylic acids is 1. The van der Waals surface area contributed by atoms with Gasteiger partial charge in [-0.2, -0.15) is 0 Å². The zero-order valence-corrected chi connectivity index (χ0v) is 18.6. The van der Waals surface area contributed by atoms with Crippen molar-refractivity contribution in [2.45, 2.75) is 91.6 Å². The molecule has 29 heavy (non-hydrogen) atoms. The van der Waals surface area contributed by atoms with Gasteiger partial charge in [-0.15, -0.1) is 0 Å². The third kappa shape index (κ3) is 3.45. The minimum Gasteiger partial charge on any atom is -0.481 e. The zero-order valence-electron chi connectivity index (χ0n) is 18.6. The molecule has 4 rings (SSSR count). The van der Waals surface area contributed by atoms with Gasteiger partial charge in [-0.05, 0) is 85.4 Å². The molecule has 4 aliphatic rings. The van der Waals surface area contributed by atoms with Crippen LogP contribution in [0.25, 0.3) is 0 Å². The standard InChI is InChI=1S/C25H38O4/c1-15(13-23(27)28)20-7-8-21-19-6-5-17-14-18(29-16(2)26)9-11-24(17,3)22(19)10-12-25(20,21)4/h5,15,18-22H,6-14H2,1-4H3,(H,27,28)/t15-,18+,19?,20-,21?,22?,24?,25-/m1/s1. The Morgan fingerprint density at radius 3 is 2.62 bits per heavy atom. The summed E-state index contributed by atoms with van der Waals surface area (Å²) in [5.41, 5.74) is 2.09. The molecule has 4 nitrogen and oxygen atoms in total. The van der Waals surface area contributed by atoms with Crippen molar-refractivity contribution in [1.82, 2.24) is 0 Å². The second-order valence-electron chi connectivity index (χ2n) is 11.0. The monoisotopic (exact) mass is 402 g/mol.